The predicted octanol–water partition coefficient (Wildman–Crippen LogP) is 5.81. The first kappa shape index (κ1) is 26.5. The highest BCUT2D eigenvalue weighted by molar-refractivity contribution is 5.99. The summed E-state index contributed by atoms with van der Waals surface area (Å²) >= 11 is 0. The number of likely N-dealkylation sites (tertiary alicyclic amines) is 1. The number of aromatic hydroxyl groups is 1. The highest BCUT2D eigenvalue weighted by Gasteiger charge is 2.31. The summed E-state index contributed by atoms with van der Waals surface area (Å²) in [7, 11) is 1.58. The third-order valence-corrected chi connectivity index (χ3v) is 7.64. The molecular formula is C31H38N2O4. The molecule has 2 aromatic carbocycles. The molecule has 0 spiro atoms. The standard InChI is InChI=1S/C31H38N2O4/c1-5-6-13-24-27(26-21(3)11-9-14-25(26)37-4)29(34)28(30(35)32-24)31(36)33-17-15-22(16-18-33)19-23-12-8-7-10-20(23)2/h7-12,14,22H,5-6,13,15-19H2,1-4H3,(H2,32,34,35). The number of rotatable bonds is 8. The molecule has 6 nitrogen and oxygen atoms in total. The van der Waals surface area contributed by atoms with Crippen molar-refractivity contribution < 1.29 is 14.6 Å². The van der Waals surface area contributed by atoms with Crippen LogP contribution >= 0.6 is 0 Å². The van der Waals surface area contributed by atoms with Crippen molar-refractivity contribution in [2.45, 2.75) is 59.3 Å². The van der Waals surface area contributed by atoms with Gasteiger partial charge in [0.15, 0.2) is 0 Å². The number of nitrogens with zero attached hydrogens (tertiary/aromatic N) is 1. The lowest BCUT2D eigenvalue weighted by Gasteiger charge is -2.32. The molecule has 1 aliphatic heterocycles. The number of ether oxygens (including phenoxy) is 1. The fourth-order valence-electron chi connectivity index (χ4n) is 5.43. The molecule has 2 N–H and O–H groups in total. The Morgan fingerprint density at radius 2 is 1.76 bits per heavy atom. The van der Waals surface area contributed by atoms with Gasteiger partial charge in [0.2, 0.25) is 0 Å². The quantitative estimate of drug-likeness (QED) is 0.407. The Hall–Kier alpha value is -3.54. The SMILES string of the molecule is CCCCc1[nH]c(=O)c(C(=O)N2CCC(Cc3ccccc3C)CC2)c(O)c1-c1c(C)cccc1OC. The second kappa shape index (κ2) is 11.7. The number of aryl methyl sites for hydroxylation is 3. The largest absolute Gasteiger partial charge is 0.506 e. The second-order valence-electron chi connectivity index (χ2n) is 10.2. The van der Waals surface area contributed by atoms with Crippen molar-refractivity contribution in [3.05, 3.63) is 80.8 Å². The van der Waals surface area contributed by atoms with E-state index in [0.717, 1.165) is 37.7 Å². The van der Waals surface area contributed by atoms with Crippen molar-refractivity contribution in [3.63, 3.8) is 0 Å². The number of hydrogen-bond acceptors (Lipinski definition) is 4. The van der Waals surface area contributed by atoms with Crippen LogP contribution in [0.1, 0.15) is 65.3 Å². The zero-order valence-corrected chi connectivity index (χ0v) is 22.4. The van der Waals surface area contributed by atoms with Gasteiger partial charge in [0, 0.05) is 29.9 Å². The van der Waals surface area contributed by atoms with Crippen LogP contribution in [0.25, 0.3) is 11.1 Å². The molecule has 3 aromatic rings. The molecule has 1 saturated heterocycles. The van der Waals surface area contributed by atoms with E-state index in [1.165, 1.54) is 11.1 Å². The van der Waals surface area contributed by atoms with Gasteiger partial charge in [-0.05, 0) is 74.6 Å². The number of methoxy groups -OCH3 is 1. The molecule has 1 fully saturated rings. The van der Waals surface area contributed by atoms with Gasteiger partial charge in [-0.2, -0.15) is 0 Å². The molecule has 2 heterocycles. The van der Waals surface area contributed by atoms with E-state index >= 15 is 0 Å². The minimum absolute atomic E-state index is 0.182. The topological polar surface area (TPSA) is 82.6 Å². The van der Waals surface area contributed by atoms with Crippen LogP contribution < -0.4 is 10.3 Å². The highest BCUT2D eigenvalue weighted by atomic mass is 16.5. The molecule has 6 heteroatoms. The van der Waals surface area contributed by atoms with Crippen LogP contribution in [-0.4, -0.2) is 41.1 Å². The third kappa shape index (κ3) is 5.58. The Bertz CT molecular complexity index is 1320. The number of unbranched alkanes of at least 4 members (excludes halogenated alkanes) is 1. The summed E-state index contributed by atoms with van der Waals surface area (Å²) in [6.07, 6.45) is 5.09. The molecule has 0 aliphatic carbocycles. The van der Waals surface area contributed by atoms with Gasteiger partial charge in [-0.3, -0.25) is 9.59 Å². The number of nitrogens with one attached hydrogen (secondary N) is 1. The van der Waals surface area contributed by atoms with Crippen LogP contribution in [0.3, 0.4) is 0 Å². The Morgan fingerprint density at radius 3 is 2.43 bits per heavy atom. The third-order valence-electron chi connectivity index (χ3n) is 7.64. The fraction of sp³-hybridized carbons (Fsp3) is 0.419. The first-order chi connectivity index (χ1) is 17.8. The number of carbonyl (C=O) groups is 1. The molecule has 196 valence electrons. The second-order valence-corrected chi connectivity index (χ2v) is 10.2. The van der Waals surface area contributed by atoms with E-state index in [0.29, 0.717) is 48.0 Å². The van der Waals surface area contributed by atoms with Gasteiger partial charge in [0.1, 0.15) is 17.1 Å². The molecule has 37 heavy (non-hydrogen) atoms. The van der Waals surface area contributed by atoms with E-state index in [1.807, 2.05) is 25.1 Å². The number of carbonyl (C=O) groups excluding carboxylic acids is 1. The molecule has 1 amide bonds. The predicted molar refractivity (Wildman–Crippen MR) is 148 cm³/mol. The normalized spacial score (nSPS) is 14.1. The number of benzene rings is 2. The van der Waals surface area contributed by atoms with E-state index in [-0.39, 0.29) is 11.3 Å². The van der Waals surface area contributed by atoms with Gasteiger partial charge >= 0.3 is 0 Å². The van der Waals surface area contributed by atoms with Gasteiger partial charge in [-0.25, -0.2) is 0 Å². The van der Waals surface area contributed by atoms with Gasteiger partial charge in [0.05, 0.1) is 7.11 Å². The number of aromatic nitrogens is 1. The Labute approximate surface area is 219 Å². The first-order valence-electron chi connectivity index (χ1n) is 13.3. The summed E-state index contributed by atoms with van der Waals surface area (Å²) in [5.74, 6) is 0.411. The van der Waals surface area contributed by atoms with Crippen molar-refractivity contribution >= 4 is 5.91 Å². The Kier molecular flexibility index (Phi) is 8.37. The molecular weight excluding hydrogens is 464 g/mol. The number of hydrogen-bond donors (Lipinski definition) is 2. The van der Waals surface area contributed by atoms with Crippen molar-refractivity contribution in [1.82, 2.24) is 9.88 Å². The first-order valence-corrected chi connectivity index (χ1v) is 13.3. The Balaban J connectivity index is 1.65. The summed E-state index contributed by atoms with van der Waals surface area (Å²) in [6, 6.07) is 14.1. The zero-order chi connectivity index (χ0) is 26.5. The summed E-state index contributed by atoms with van der Waals surface area (Å²) in [4.78, 5) is 31.5. The van der Waals surface area contributed by atoms with Crippen molar-refractivity contribution in [3.8, 4) is 22.6 Å². The Morgan fingerprint density at radius 1 is 1.05 bits per heavy atom. The van der Waals surface area contributed by atoms with Crippen molar-refractivity contribution in [2.24, 2.45) is 5.92 Å². The molecule has 0 unspecified atom stereocenters. The van der Waals surface area contributed by atoms with Gasteiger partial charge < -0.3 is 19.7 Å². The van der Waals surface area contributed by atoms with Crippen molar-refractivity contribution in [1.29, 1.82) is 0 Å². The summed E-state index contributed by atoms with van der Waals surface area (Å²) in [5.41, 5.74) is 4.64. The lowest BCUT2D eigenvalue weighted by atomic mass is 9.88. The van der Waals surface area contributed by atoms with E-state index in [4.69, 9.17) is 4.74 Å². The summed E-state index contributed by atoms with van der Waals surface area (Å²) in [5, 5.41) is 11.5. The summed E-state index contributed by atoms with van der Waals surface area (Å²) < 4.78 is 5.61. The van der Waals surface area contributed by atoms with Crippen LogP contribution in [0.15, 0.2) is 47.3 Å². The van der Waals surface area contributed by atoms with Gasteiger partial charge in [0.25, 0.3) is 11.5 Å². The van der Waals surface area contributed by atoms with E-state index in [9.17, 15) is 14.7 Å². The summed E-state index contributed by atoms with van der Waals surface area (Å²) in [6.45, 7) is 7.28. The number of aromatic amines is 1. The van der Waals surface area contributed by atoms with Crippen LogP contribution in [-0.2, 0) is 12.8 Å². The molecule has 0 bridgehead atoms. The molecule has 1 aromatic heterocycles. The average molecular weight is 503 g/mol. The minimum Gasteiger partial charge on any atom is -0.506 e. The smallest absolute Gasteiger partial charge is 0.264 e. The van der Waals surface area contributed by atoms with E-state index in [2.05, 4.69) is 43.1 Å². The maximum Gasteiger partial charge on any atom is 0.264 e. The average Bonchev–Trinajstić information content (AvgIpc) is 2.89. The van der Waals surface area contributed by atoms with E-state index in [1.54, 1.807) is 12.0 Å². The number of H-pyrrole nitrogens is 1. The van der Waals surface area contributed by atoms with Crippen LogP contribution in [0, 0.1) is 19.8 Å². The molecule has 1 aliphatic rings. The van der Waals surface area contributed by atoms with Crippen LogP contribution in [0.2, 0.25) is 0 Å². The van der Waals surface area contributed by atoms with Crippen molar-refractivity contribution in [2.75, 3.05) is 20.2 Å². The zero-order valence-electron chi connectivity index (χ0n) is 22.4. The number of piperidine rings is 1. The maximum atomic E-state index is 13.6. The number of pyridine rings is 1. The lowest BCUT2D eigenvalue weighted by Crippen LogP contribution is -2.41. The highest BCUT2D eigenvalue weighted by Crippen LogP contribution is 2.41. The molecule has 4 rings (SSSR count). The molecule has 0 radical (unpaired) electrons. The number of amides is 1. The van der Waals surface area contributed by atoms with Gasteiger partial charge in [-0.1, -0.05) is 49.7 Å². The molecule has 0 atom stereocenters. The lowest BCUT2D eigenvalue weighted by molar-refractivity contribution is 0.0685. The monoisotopic (exact) mass is 502 g/mol. The van der Waals surface area contributed by atoms with E-state index < -0.39 is 11.5 Å². The molecule has 0 saturated carbocycles. The minimum atomic E-state index is -0.535. The van der Waals surface area contributed by atoms with Crippen LogP contribution in [0.5, 0.6) is 11.5 Å². The maximum absolute atomic E-state index is 13.6. The fourth-order valence-corrected chi connectivity index (χ4v) is 5.43. The van der Waals surface area contributed by atoms with Gasteiger partial charge in [-0.15, -0.1) is 0 Å². The van der Waals surface area contributed by atoms with Crippen LogP contribution in [0.4, 0.5) is 0 Å².